The molecule has 0 spiro atoms. The van der Waals surface area contributed by atoms with Gasteiger partial charge >= 0.3 is 6.03 Å². The summed E-state index contributed by atoms with van der Waals surface area (Å²) >= 11 is 0. The predicted molar refractivity (Wildman–Crippen MR) is 102 cm³/mol. The van der Waals surface area contributed by atoms with E-state index in [1.807, 2.05) is 31.2 Å². The van der Waals surface area contributed by atoms with Crippen LogP contribution < -0.4 is 10.6 Å². The number of nitrogens with zero attached hydrogens (tertiary/aromatic N) is 2. The second kappa shape index (κ2) is 9.75. The average molecular weight is 348 g/mol. The maximum absolute atomic E-state index is 12.1. The molecule has 1 saturated heterocycles. The van der Waals surface area contributed by atoms with Crippen LogP contribution in [-0.2, 0) is 4.74 Å². The van der Waals surface area contributed by atoms with E-state index in [2.05, 4.69) is 34.4 Å². The lowest BCUT2D eigenvalue weighted by atomic mass is 10.1. The van der Waals surface area contributed by atoms with Gasteiger partial charge in [-0.05, 0) is 37.6 Å². The number of piperazine rings is 1. The normalized spacial score (nSPS) is 18.6. The summed E-state index contributed by atoms with van der Waals surface area (Å²) in [5, 5.41) is 5.87. The number of benzene rings is 1. The minimum atomic E-state index is -0.160. The predicted octanol–water partition coefficient (Wildman–Crippen LogP) is 2.40. The second-order valence-corrected chi connectivity index (χ2v) is 7.05. The lowest BCUT2D eigenvalue weighted by molar-refractivity contribution is 0.119. The summed E-state index contributed by atoms with van der Waals surface area (Å²) in [7, 11) is 3.84. The number of hydrogen-bond acceptors (Lipinski definition) is 4. The van der Waals surface area contributed by atoms with Crippen LogP contribution in [0.25, 0.3) is 0 Å². The molecule has 6 nitrogen and oxygen atoms in total. The van der Waals surface area contributed by atoms with Crippen LogP contribution in [0.3, 0.4) is 0 Å². The average Bonchev–Trinajstić information content (AvgIpc) is 2.61. The Kier molecular flexibility index (Phi) is 7.68. The number of likely N-dealkylation sites (N-methyl/N-ethyl adjacent to an activating group) is 1. The number of hydrogen-bond donors (Lipinski definition) is 2. The number of carbonyl (C=O) groups excluding carboxylic acids is 1. The van der Waals surface area contributed by atoms with Crippen molar-refractivity contribution in [3.05, 3.63) is 29.8 Å². The Hall–Kier alpha value is -1.63. The zero-order valence-corrected chi connectivity index (χ0v) is 15.9. The van der Waals surface area contributed by atoms with E-state index in [4.69, 9.17) is 4.74 Å². The lowest BCUT2D eigenvalue weighted by Crippen LogP contribution is -2.47. The van der Waals surface area contributed by atoms with E-state index >= 15 is 0 Å². The molecule has 2 rings (SSSR count). The number of rotatable bonds is 7. The Morgan fingerprint density at radius 1 is 1.24 bits per heavy atom. The van der Waals surface area contributed by atoms with Crippen LogP contribution in [0.1, 0.15) is 25.5 Å². The third-order valence-corrected chi connectivity index (χ3v) is 4.74. The highest BCUT2D eigenvalue weighted by Gasteiger charge is 2.16. The third kappa shape index (κ3) is 6.65. The number of anilines is 1. The zero-order valence-electron chi connectivity index (χ0n) is 15.9. The molecule has 0 radical (unpaired) electrons. The Morgan fingerprint density at radius 2 is 1.96 bits per heavy atom. The highest BCUT2D eigenvalue weighted by atomic mass is 16.5. The molecule has 1 aromatic carbocycles. The van der Waals surface area contributed by atoms with Gasteiger partial charge in [-0.2, -0.15) is 0 Å². The van der Waals surface area contributed by atoms with E-state index in [1.54, 1.807) is 7.11 Å². The summed E-state index contributed by atoms with van der Waals surface area (Å²) in [5.74, 6) is 0.425. The van der Waals surface area contributed by atoms with E-state index in [0.717, 1.165) is 44.0 Å². The van der Waals surface area contributed by atoms with Crippen molar-refractivity contribution < 1.29 is 9.53 Å². The molecule has 140 valence electrons. The van der Waals surface area contributed by atoms with Gasteiger partial charge in [-0.25, -0.2) is 4.79 Å². The monoisotopic (exact) mass is 348 g/mol. The Labute approximate surface area is 151 Å². The van der Waals surface area contributed by atoms with Gasteiger partial charge in [0.2, 0.25) is 0 Å². The van der Waals surface area contributed by atoms with Crippen molar-refractivity contribution in [3.63, 3.8) is 0 Å². The number of ether oxygens (including phenoxy) is 1. The summed E-state index contributed by atoms with van der Waals surface area (Å²) in [5.41, 5.74) is 1.83. The van der Waals surface area contributed by atoms with Gasteiger partial charge in [0, 0.05) is 52.1 Å². The molecule has 1 aromatic rings. The van der Waals surface area contributed by atoms with Crippen molar-refractivity contribution in [1.82, 2.24) is 15.1 Å². The molecule has 1 aliphatic heterocycles. The van der Waals surface area contributed by atoms with Crippen LogP contribution in [0, 0.1) is 5.92 Å². The topological polar surface area (TPSA) is 56.8 Å². The number of methoxy groups -OCH3 is 1. The smallest absolute Gasteiger partial charge is 0.319 e. The zero-order chi connectivity index (χ0) is 18.2. The first kappa shape index (κ1) is 19.7. The first-order chi connectivity index (χ1) is 12.0. The molecule has 1 fully saturated rings. The fourth-order valence-corrected chi connectivity index (χ4v) is 2.98. The molecule has 0 aliphatic carbocycles. The molecule has 2 amide bonds. The highest BCUT2D eigenvalue weighted by molar-refractivity contribution is 5.89. The first-order valence-electron chi connectivity index (χ1n) is 9.06. The van der Waals surface area contributed by atoms with E-state index in [1.165, 1.54) is 0 Å². The van der Waals surface area contributed by atoms with Gasteiger partial charge in [0.25, 0.3) is 0 Å². The summed E-state index contributed by atoms with van der Waals surface area (Å²) < 4.78 is 5.32. The molecule has 2 N–H and O–H groups in total. The van der Waals surface area contributed by atoms with Gasteiger partial charge in [-0.15, -0.1) is 0 Å². The summed E-state index contributed by atoms with van der Waals surface area (Å²) in [6.07, 6.45) is 0.00780. The van der Waals surface area contributed by atoms with E-state index in [9.17, 15) is 4.79 Å². The number of amides is 2. The largest absolute Gasteiger partial charge is 0.377 e. The van der Waals surface area contributed by atoms with Crippen LogP contribution in [0.15, 0.2) is 24.3 Å². The van der Waals surface area contributed by atoms with Crippen molar-refractivity contribution in [1.29, 1.82) is 0 Å². The Morgan fingerprint density at radius 3 is 2.64 bits per heavy atom. The number of carbonyl (C=O) groups is 1. The highest BCUT2D eigenvalue weighted by Crippen LogP contribution is 2.19. The fourth-order valence-electron chi connectivity index (χ4n) is 2.98. The van der Waals surface area contributed by atoms with Crippen LogP contribution in [0.5, 0.6) is 0 Å². The van der Waals surface area contributed by atoms with Crippen LogP contribution >= 0.6 is 0 Å². The minimum absolute atomic E-state index is 0.00780. The summed E-state index contributed by atoms with van der Waals surface area (Å²) in [6, 6.07) is 7.60. The summed E-state index contributed by atoms with van der Waals surface area (Å²) in [6.45, 7) is 10.3. The van der Waals surface area contributed by atoms with Crippen molar-refractivity contribution in [3.8, 4) is 0 Å². The fraction of sp³-hybridized carbons (Fsp3) is 0.632. The molecule has 0 bridgehead atoms. The quantitative estimate of drug-likeness (QED) is 0.794. The van der Waals surface area contributed by atoms with Gasteiger partial charge in [0.05, 0.1) is 6.10 Å². The molecule has 25 heavy (non-hydrogen) atoms. The van der Waals surface area contributed by atoms with Gasteiger partial charge in [-0.1, -0.05) is 19.1 Å². The van der Waals surface area contributed by atoms with Crippen LogP contribution in [0.2, 0.25) is 0 Å². The van der Waals surface area contributed by atoms with Gasteiger partial charge < -0.3 is 25.2 Å². The number of urea groups is 1. The second-order valence-electron chi connectivity index (χ2n) is 7.05. The lowest BCUT2D eigenvalue weighted by Gasteiger charge is -2.33. The summed E-state index contributed by atoms with van der Waals surface area (Å²) in [4.78, 5) is 17.0. The maximum atomic E-state index is 12.1. The molecule has 1 aliphatic rings. The van der Waals surface area contributed by atoms with Gasteiger partial charge in [0.1, 0.15) is 0 Å². The van der Waals surface area contributed by atoms with Crippen molar-refractivity contribution in [2.45, 2.75) is 20.0 Å². The molecule has 0 aromatic heterocycles. The minimum Gasteiger partial charge on any atom is -0.377 e. The Balaban J connectivity index is 1.73. The molecular weight excluding hydrogens is 316 g/mol. The number of nitrogens with one attached hydrogen (secondary N) is 2. The van der Waals surface area contributed by atoms with Crippen molar-refractivity contribution in [2.75, 3.05) is 58.7 Å². The van der Waals surface area contributed by atoms with E-state index in [-0.39, 0.29) is 12.1 Å². The molecule has 2 unspecified atom stereocenters. The molecule has 6 heteroatoms. The first-order valence-corrected chi connectivity index (χ1v) is 9.06. The molecular formula is C19H32N4O2. The van der Waals surface area contributed by atoms with Crippen molar-refractivity contribution >= 4 is 11.7 Å². The maximum Gasteiger partial charge on any atom is 0.319 e. The third-order valence-electron chi connectivity index (χ3n) is 4.74. The Bertz CT molecular complexity index is 544. The van der Waals surface area contributed by atoms with Gasteiger partial charge in [-0.3, -0.25) is 0 Å². The van der Waals surface area contributed by atoms with Crippen molar-refractivity contribution in [2.24, 2.45) is 5.92 Å². The van der Waals surface area contributed by atoms with Crippen LogP contribution in [-0.4, -0.2) is 69.3 Å². The molecule has 0 saturated carbocycles. The molecule has 1 heterocycles. The molecule has 2 atom stereocenters. The SMILES string of the molecule is COC(C)c1cccc(NC(=O)NCC(C)CN2CCN(C)CC2)c1. The van der Waals surface area contributed by atoms with Gasteiger partial charge in [0.15, 0.2) is 0 Å². The standard InChI is InChI=1S/C19H32N4O2/c1-15(14-23-10-8-22(3)9-11-23)13-20-19(24)21-18-7-5-6-17(12-18)16(2)25-4/h5-7,12,15-16H,8-11,13-14H2,1-4H3,(H2,20,21,24). The van der Waals surface area contributed by atoms with E-state index in [0.29, 0.717) is 12.5 Å². The van der Waals surface area contributed by atoms with Crippen LogP contribution in [0.4, 0.5) is 10.5 Å². The van der Waals surface area contributed by atoms with E-state index < -0.39 is 0 Å².